The van der Waals surface area contributed by atoms with Crippen LogP contribution in [0.1, 0.15) is 42.9 Å². The fraction of sp³-hybridized carbons (Fsp3) is 0.333. The molecule has 156 valence electrons. The van der Waals surface area contributed by atoms with Crippen molar-refractivity contribution >= 4 is 0 Å². The molecule has 1 aromatic heterocycles. The number of hydrogen-bond donors (Lipinski definition) is 0. The molecular formula is C24H25F2N3O. The number of likely N-dealkylation sites (N-methyl/N-ethyl adjacent to an activating group) is 1. The molecule has 1 fully saturated rings. The highest BCUT2D eigenvalue weighted by Gasteiger charge is 2.36. The van der Waals surface area contributed by atoms with Gasteiger partial charge in [0.05, 0.1) is 5.69 Å². The van der Waals surface area contributed by atoms with Crippen LogP contribution in [0.2, 0.25) is 0 Å². The predicted molar refractivity (Wildman–Crippen MR) is 112 cm³/mol. The van der Waals surface area contributed by atoms with Gasteiger partial charge in [0.2, 0.25) is 0 Å². The first kappa shape index (κ1) is 20.4. The summed E-state index contributed by atoms with van der Waals surface area (Å²) in [4.78, 5) is 11.1. The number of para-hydroxylation sites is 1. The van der Waals surface area contributed by atoms with E-state index in [2.05, 4.69) is 28.8 Å². The molecule has 0 N–H and O–H groups in total. The van der Waals surface area contributed by atoms with Crippen LogP contribution in [0.5, 0.6) is 11.8 Å². The molecule has 2 heterocycles. The first-order valence-electron chi connectivity index (χ1n) is 10.3. The van der Waals surface area contributed by atoms with Gasteiger partial charge in [-0.25, -0.2) is 13.8 Å². The molecule has 0 aliphatic carbocycles. The molecule has 30 heavy (non-hydrogen) atoms. The quantitative estimate of drug-likeness (QED) is 0.555. The molecule has 4 nitrogen and oxygen atoms in total. The van der Waals surface area contributed by atoms with Crippen LogP contribution in [0, 0.1) is 11.6 Å². The van der Waals surface area contributed by atoms with Crippen molar-refractivity contribution in [1.82, 2.24) is 14.9 Å². The molecule has 0 spiro atoms. The lowest BCUT2D eigenvalue weighted by atomic mass is 9.75. The lowest BCUT2D eigenvalue weighted by Crippen LogP contribution is -2.43. The molecule has 2 aromatic carbocycles. The fourth-order valence-corrected chi connectivity index (χ4v) is 4.32. The second-order valence-corrected chi connectivity index (χ2v) is 7.80. The second kappa shape index (κ2) is 8.88. The summed E-state index contributed by atoms with van der Waals surface area (Å²) in [5, 5.41) is 0. The minimum atomic E-state index is -0.459. The Labute approximate surface area is 175 Å². The van der Waals surface area contributed by atoms with Gasteiger partial charge in [-0.05, 0) is 61.7 Å². The van der Waals surface area contributed by atoms with Gasteiger partial charge in [-0.3, -0.25) is 0 Å². The lowest BCUT2D eigenvalue weighted by molar-refractivity contribution is 0.143. The maximum Gasteiger partial charge on any atom is 0.322 e. The van der Waals surface area contributed by atoms with Crippen molar-refractivity contribution in [2.75, 3.05) is 13.6 Å². The normalized spacial score (nSPS) is 22.1. The van der Waals surface area contributed by atoms with Crippen LogP contribution in [0.3, 0.4) is 0 Å². The van der Waals surface area contributed by atoms with Crippen molar-refractivity contribution < 1.29 is 13.5 Å². The van der Waals surface area contributed by atoms with E-state index >= 15 is 0 Å². The highest BCUT2D eigenvalue weighted by atomic mass is 19.1. The minimum Gasteiger partial charge on any atom is -0.421 e. The number of likely N-dealkylation sites (tertiary alicyclic amines) is 1. The number of ether oxygens (including phenoxy) is 1. The van der Waals surface area contributed by atoms with Crippen molar-refractivity contribution in [3.63, 3.8) is 0 Å². The third-order valence-corrected chi connectivity index (χ3v) is 5.96. The highest BCUT2D eigenvalue weighted by molar-refractivity contribution is 5.30. The molecule has 1 aliphatic heterocycles. The maximum absolute atomic E-state index is 14.0. The van der Waals surface area contributed by atoms with E-state index in [0.717, 1.165) is 30.6 Å². The molecule has 4 rings (SSSR count). The Morgan fingerprint density at radius 3 is 2.53 bits per heavy atom. The summed E-state index contributed by atoms with van der Waals surface area (Å²) >= 11 is 0. The fourth-order valence-electron chi connectivity index (χ4n) is 4.32. The average molecular weight is 409 g/mol. The van der Waals surface area contributed by atoms with Crippen molar-refractivity contribution in [2.45, 2.75) is 37.6 Å². The molecule has 0 saturated carbocycles. The van der Waals surface area contributed by atoms with Crippen molar-refractivity contribution in [2.24, 2.45) is 0 Å². The minimum absolute atomic E-state index is 0.0919. The number of halogens is 2. The summed E-state index contributed by atoms with van der Waals surface area (Å²) in [6.45, 7) is 3.00. The molecule has 0 radical (unpaired) electrons. The molecule has 6 heteroatoms. The molecule has 0 bridgehead atoms. The Balaban J connectivity index is 1.65. The summed E-state index contributed by atoms with van der Waals surface area (Å²) < 4.78 is 33.1. The number of aromatic nitrogens is 2. The smallest absolute Gasteiger partial charge is 0.322 e. The Morgan fingerprint density at radius 1 is 1.03 bits per heavy atom. The van der Waals surface area contributed by atoms with E-state index in [-0.39, 0.29) is 29.4 Å². The number of benzene rings is 2. The first-order valence-corrected chi connectivity index (χ1v) is 10.3. The van der Waals surface area contributed by atoms with Gasteiger partial charge in [-0.2, -0.15) is 4.98 Å². The van der Waals surface area contributed by atoms with Crippen molar-refractivity contribution in [1.29, 1.82) is 0 Å². The molecule has 1 saturated heterocycles. The van der Waals surface area contributed by atoms with Gasteiger partial charge in [0.25, 0.3) is 0 Å². The van der Waals surface area contributed by atoms with Gasteiger partial charge in [-0.1, -0.05) is 31.2 Å². The summed E-state index contributed by atoms with van der Waals surface area (Å²) in [5.74, 6) is -0.314. The zero-order chi connectivity index (χ0) is 21.1. The van der Waals surface area contributed by atoms with Gasteiger partial charge in [-0.15, -0.1) is 0 Å². The van der Waals surface area contributed by atoms with Gasteiger partial charge in [0.15, 0.2) is 11.6 Å². The summed E-state index contributed by atoms with van der Waals surface area (Å²) in [5.41, 5.74) is 1.94. The van der Waals surface area contributed by atoms with E-state index < -0.39 is 5.82 Å². The molecule has 1 aliphatic rings. The lowest BCUT2D eigenvalue weighted by Gasteiger charge is -2.42. The molecule has 3 unspecified atom stereocenters. The molecule has 0 amide bonds. The standard InChI is InChI=1S/C24H25F2N3O/c1-3-18-14-19(16-8-10-17(25)11-9-16)20(15-29(18)2)22-12-13-27-24(28-22)30-23-7-5-4-6-21(23)26/h4-13,18-20H,3,14-15H2,1-2H3. The Kier molecular flexibility index (Phi) is 6.04. The van der Waals surface area contributed by atoms with E-state index in [9.17, 15) is 8.78 Å². The Morgan fingerprint density at radius 2 is 1.80 bits per heavy atom. The first-order chi connectivity index (χ1) is 14.5. The van der Waals surface area contributed by atoms with Crippen molar-refractivity contribution in [3.05, 3.63) is 83.7 Å². The maximum atomic E-state index is 14.0. The molecule has 3 aromatic rings. The van der Waals surface area contributed by atoms with Gasteiger partial charge in [0, 0.05) is 24.7 Å². The number of piperidine rings is 1. The topological polar surface area (TPSA) is 38.3 Å². The van der Waals surface area contributed by atoms with Crippen LogP contribution >= 0.6 is 0 Å². The van der Waals surface area contributed by atoms with E-state index in [1.165, 1.54) is 18.2 Å². The number of hydrogen-bond acceptors (Lipinski definition) is 4. The van der Waals surface area contributed by atoms with Gasteiger partial charge in [0.1, 0.15) is 5.82 Å². The summed E-state index contributed by atoms with van der Waals surface area (Å²) in [6, 6.07) is 15.4. The SMILES string of the molecule is CCC1CC(c2ccc(F)cc2)C(c2ccnc(Oc3ccccc3F)n2)CN1C. The van der Waals surface area contributed by atoms with Gasteiger partial charge < -0.3 is 9.64 Å². The van der Waals surface area contributed by atoms with Crippen LogP contribution in [0.4, 0.5) is 8.78 Å². The third kappa shape index (κ3) is 4.33. The number of nitrogens with zero attached hydrogens (tertiary/aromatic N) is 3. The largest absolute Gasteiger partial charge is 0.421 e. The van der Waals surface area contributed by atoms with E-state index in [1.807, 2.05) is 18.2 Å². The molecule has 3 atom stereocenters. The Bertz CT molecular complexity index is 996. The summed E-state index contributed by atoms with van der Waals surface area (Å²) in [7, 11) is 2.12. The zero-order valence-corrected chi connectivity index (χ0v) is 17.1. The zero-order valence-electron chi connectivity index (χ0n) is 17.1. The van der Waals surface area contributed by atoms with Crippen molar-refractivity contribution in [3.8, 4) is 11.8 Å². The molecular weight excluding hydrogens is 384 g/mol. The average Bonchev–Trinajstić information content (AvgIpc) is 2.76. The van der Waals surface area contributed by atoms with Crippen LogP contribution < -0.4 is 4.74 Å². The van der Waals surface area contributed by atoms with Crippen LogP contribution in [0.25, 0.3) is 0 Å². The Hall–Kier alpha value is -2.86. The van der Waals surface area contributed by atoms with E-state index in [0.29, 0.717) is 6.04 Å². The monoisotopic (exact) mass is 409 g/mol. The number of rotatable bonds is 5. The highest BCUT2D eigenvalue weighted by Crippen LogP contribution is 2.42. The third-order valence-electron chi connectivity index (χ3n) is 5.96. The van der Waals surface area contributed by atoms with Gasteiger partial charge >= 0.3 is 6.01 Å². The summed E-state index contributed by atoms with van der Waals surface area (Å²) in [6.07, 6.45) is 3.65. The van der Waals surface area contributed by atoms with Crippen LogP contribution in [-0.2, 0) is 0 Å². The van der Waals surface area contributed by atoms with Crippen LogP contribution in [-0.4, -0.2) is 34.5 Å². The second-order valence-electron chi connectivity index (χ2n) is 7.80. The van der Waals surface area contributed by atoms with E-state index in [4.69, 9.17) is 4.74 Å². The van der Waals surface area contributed by atoms with E-state index in [1.54, 1.807) is 24.4 Å². The predicted octanol–water partition coefficient (Wildman–Crippen LogP) is 5.53. The van der Waals surface area contributed by atoms with Crippen LogP contribution in [0.15, 0.2) is 60.8 Å².